The van der Waals surface area contributed by atoms with Crippen LogP contribution in [0, 0.1) is 0 Å². The lowest BCUT2D eigenvalue weighted by Gasteiger charge is -2.28. The van der Waals surface area contributed by atoms with Crippen molar-refractivity contribution in [3.8, 4) is 0 Å². The van der Waals surface area contributed by atoms with Gasteiger partial charge in [-0.15, -0.1) is 0 Å². The van der Waals surface area contributed by atoms with E-state index in [2.05, 4.69) is 17.6 Å². The minimum absolute atomic E-state index is 0.0281. The average Bonchev–Trinajstić information content (AvgIpc) is 2.06. The van der Waals surface area contributed by atoms with Gasteiger partial charge in [-0.1, -0.05) is 13.3 Å². The fourth-order valence-corrected chi connectivity index (χ4v) is 1.45. The summed E-state index contributed by atoms with van der Waals surface area (Å²) in [6.07, 6.45) is 3.30. The Morgan fingerprint density at radius 3 is 3.00 bits per heavy atom. The van der Waals surface area contributed by atoms with Crippen molar-refractivity contribution < 1.29 is 4.79 Å². The molecule has 1 aliphatic heterocycles. The highest BCUT2D eigenvalue weighted by Gasteiger charge is 2.18. The number of aldehydes is 1. The van der Waals surface area contributed by atoms with Crippen LogP contribution in [0.25, 0.3) is 0 Å². The third-order valence-corrected chi connectivity index (χ3v) is 2.01. The van der Waals surface area contributed by atoms with E-state index in [0.717, 1.165) is 25.8 Å². The van der Waals surface area contributed by atoms with E-state index in [1.807, 2.05) is 0 Å². The van der Waals surface area contributed by atoms with E-state index in [4.69, 9.17) is 0 Å². The van der Waals surface area contributed by atoms with E-state index in [1.54, 1.807) is 0 Å². The van der Waals surface area contributed by atoms with Crippen molar-refractivity contribution in [2.75, 3.05) is 13.1 Å². The van der Waals surface area contributed by atoms with E-state index in [0.29, 0.717) is 6.04 Å². The summed E-state index contributed by atoms with van der Waals surface area (Å²) in [6.45, 7) is 3.94. The second kappa shape index (κ2) is 4.46. The normalized spacial score (nSPS) is 31.7. The highest BCUT2D eigenvalue weighted by Crippen LogP contribution is 1.99. The number of rotatable bonds is 3. The number of nitrogens with one attached hydrogen (secondary N) is 2. The van der Waals surface area contributed by atoms with Crippen molar-refractivity contribution in [3.63, 3.8) is 0 Å². The molecule has 0 aromatic carbocycles. The van der Waals surface area contributed by atoms with E-state index in [-0.39, 0.29) is 6.04 Å². The lowest BCUT2D eigenvalue weighted by Crippen LogP contribution is -2.55. The molecule has 3 heteroatoms. The zero-order valence-corrected chi connectivity index (χ0v) is 6.97. The van der Waals surface area contributed by atoms with Crippen molar-refractivity contribution in [1.29, 1.82) is 0 Å². The van der Waals surface area contributed by atoms with Crippen LogP contribution in [0.5, 0.6) is 0 Å². The summed E-state index contributed by atoms with van der Waals surface area (Å²) >= 11 is 0. The Balaban J connectivity index is 2.27. The number of hydrogen-bond acceptors (Lipinski definition) is 3. The minimum atomic E-state index is 0.0281. The molecule has 0 aliphatic carbocycles. The lowest BCUT2D eigenvalue weighted by molar-refractivity contribution is -0.110. The molecule has 1 saturated heterocycles. The SMILES string of the molecule is CCCC1CNCC(C=O)N1. The molecule has 0 aromatic rings. The maximum absolute atomic E-state index is 10.4. The molecular formula is C8H16N2O. The standard InChI is InChI=1S/C8H16N2O/c1-2-3-7-4-9-5-8(6-11)10-7/h6-10H,2-5H2,1H3. The monoisotopic (exact) mass is 156 g/mol. The fourth-order valence-electron chi connectivity index (χ4n) is 1.45. The maximum atomic E-state index is 10.4. The lowest BCUT2D eigenvalue weighted by atomic mass is 10.1. The first-order valence-corrected chi connectivity index (χ1v) is 4.29. The summed E-state index contributed by atoms with van der Waals surface area (Å²) in [6, 6.07) is 0.518. The third kappa shape index (κ3) is 2.60. The number of hydrogen-bond donors (Lipinski definition) is 2. The van der Waals surface area contributed by atoms with Gasteiger partial charge in [0, 0.05) is 19.1 Å². The molecule has 2 unspecified atom stereocenters. The Kier molecular flexibility index (Phi) is 3.52. The van der Waals surface area contributed by atoms with Gasteiger partial charge in [-0.2, -0.15) is 0 Å². The van der Waals surface area contributed by atoms with Gasteiger partial charge < -0.3 is 15.4 Å². The molecule has 0 saturated carbocycles. The first kappa shape index (κ1) is 8.68. The van der Waals surface area contributed by atoms with Crippen LogP contribution in [-0.4, -0.2) is 31.5 Å². The summed E-state index contributed by atoms with van der Waals surface area (Å²) in [7, 11) is 0. The van der Waals surface area contributed by atoms with Crippen LogP contribution in [0.1, 0.15) is 19.8 Å². The molecule has 1 fully saturated rings. The largest absolute Gasteiger partial charge is 0.313 e. The molecule has 0 bridgehead atoms. The Bertz CT molecular complexity index is 125. The molecule has 2 atom stereocenters. The molecule has 0 amide bonds. The minimum Gasteiger partial charge on any atom is -0.313 e. The van der Waals surface area contributed by atoms with Gasteiger partial charge in [0.15, 0.2) is 0 Å². The van der Waals surface area contributed by atoms with Gasteiger partial charge in [-0.3, -0.25) is 0 Å². The highest BCUT2D eigenvalue weighted by atomic mass is 16.1. The molecule has 1 heterocycles. The zero-order valence-electron chi connectivity index (χ0n) is 6.97. The fraction of sp³-hybridized carbons (Fsp3) is 0.875. The molecule has 0 aromatic heterocycles. The number of piperazine rings is 1. The molecular weight excluding hydrogens is 140 g/mol. The molecule has 3 nitrogen and oxygen atoms in total. The molecule has 0 radical (unpaired) electrons. The van der Waals surface area contributed by atoms with Crippen LogP contribution in [0.4, 0.5) is 0 Å². The number of carbonyl (C=O) groups is 1. The molecule has 2 N–H and O–H groups in total. The topological polar surface area (TPSA) is 41.1 Å². The summed E-state index contributed by atoms with van der Waals surface area (Å²) in [5.74, 6) is 0. The van der Waals surface area contributed by atoms with E-state index >= 15 is 0 Å². The summed E-state index contributed by atoms with van der Waals surface area (Å²) in [4.78, 5) is 10.4. The average molecular weight is 156 g/mol. The highest BCUT2D eigenvalue weighted by molar-refractivity contribution is 5.58. The van der Waals surface area contributed by atoms with Crippen molar-refractivity contribution >= 4 is 6.29 Å². The van der Waals surface area contributed by atoms with E-state index in [9.17, 15) is 4.79 Å². The molecule has 64 valence electrons. The molecule has 1 rings (SSSR count). The van der Waals surface area contributed by atoms with E-state index < -0.39 is 0 Å². The number of carbonyl (C=O) groups excluding carboxylic acids is 1. The second-order valence-electron chi connectivity index (χ2n) is 3.05. The van der Waals surface area contributed by atoms with Crippen LogP contribution in [0.3, 0.4) is 0 Å². The quantitative estimate of drug-likeness (QED) is 0.561. The summed E-state index contributed by atoms with van der Waals surface area (Å²) in [5.41, 5.74) is 0. The predicted molar refractivity (Wildman–Crippen MR) is 44.6 cm³/mol. The van der Waals surface area contributed by atoms with Crippen molar-refractivity contribution in [2.45, 2.75) is 31.8 Å². The summed E-state index contributed by atoms with van der Waals surface area (Å²) < 4.78 is 0. The smallest absolute Gasteiger partial charge is 0.138 e. The van der Waals surface area contributed by atoms with Crippen LogP contribution >= 0.6 is 0 Å². The van der Waals surface area contributed by atoms with Gasteiger partial charge in [0.2, 0.25) is 0 Å². The van der Waals surface area contributed by atoms with Crippen molar-refractivity contribution in [2.24, 2.45) is 0 Å². The third-order valence-electron chi connectivity index (χ3n) is 2.01. The summed E-state index contributed by atoms with van der Waals surface area (Å²) in [5, 5.41) is 6.50. The van der Waals surface area contributed by atoms with Crippen LogP contribution in [0.15, 0.2) is 0 Å². The van der Waals surface area contributed by atoms with Gasteiger partial charge in [0.05, 0.1) is 6.04 Å². The Labute approximate surface area is 67.5 Å². The van der Waals surface area contributed by atoms with Gasteiger partial charge in [0.1, 0.15) is 6.29 Å². The van der Waals surface area contributed by atoms with Crippen molar-refractivity contribution in [1.82, 2.24) is 10.6 Å². The Morgan fingerprint density at radius 1 is 1.55 bits per heavy atom. The first-order valence-electron chi connectivity index (χ1n) is 4.29. The molecule has 1 aliphatic rings. The van der Waals surface area contributed by atoms with Gasteiger partial charge in [-0.05, 0) is 6.42 Å². The zero-order chi connectivity index (χ0) is 8.10. The molecule has 0 spiro atoms. The van der Waals surface area contributed by atoms with Gasteiger partial charge in [0.25, 0.3) is 0 Å². The Morgan fingerprint density at radius 2 is 2.36 bits per heavy atom. The predicted octanol–water partition coefficient (Wildman–Crippen LogP) is -0.0846. The van der Waals surface area contributed by atoms with Gasteiger partial charge >= 0.3 is 0 Å². The van der Waals surface area contributed by atoms with E-state index in [1.165, 1.54) is 6.42 Å². The first-order chi connectivity index (χ1) is 5.36. The Hall–Kier alpha value is -0.410. The van der Waals surface area contributed by atoms with Crippen LogP contribution in [-0.2, 0) is 4.79 Å². The van der Waals surface area contributed by atoms with Gasteiger partial charge in [-0.25, -0.2) is 0 Å². The second-order valence-corrected chi connectivity index (χ2v) is 3.05. The van der Waals surface area contributed by atoms with Crippen LogP contribution < -0.4 is 10.6 Å². The van der Waals surface area contributed by atoms with Crippen LogP contribution in [0.2, 0.25) is 0 Å². The van der Waals surface area contributed by atoms with Crippen molar-refractivity contribution in [3.05, 3.63) is 0 Å². The maximum Gasteiger partial charge on any atom is 0.138 e. The molecule has 11 heavy (non-hydrogen) atoms.